The first-order valence-electron chi connectivity index (χ1n) is 6.86. The van der Waals surface area contributed by atoms with Gasteiger partial charge in [-0.1, -0.05) is 40.0 Å². The number of rotatable bonds is 7. The highest BCUT2D eigenvalue weighted by Gasteiger charge is 2.31. The highest BCUT2D eigenvalue weighted by atomic mass is 32.2. The van der Waals surface area contributed by atoms with Gasteiger partial charge in [0.15, 0.2) is 0 Å². The Balaban J connectivity index is 2.21. The number of thioether (sulfide) groups is 1. The summed E-state index contributed by atoms with van der Waals surface area (Å²) in [7, 11) is 0. The number of carbonyl (C=O) groups excluding carboxylic acids is 1. The maximum Gasteiger partial charge on any atom is 0.235 e. The average Bonchev–Trinajstić information content (AvgIpc) is 2.24. The van der Waals surface area contributed by atoms with E-state index < -0.39 is 0 Å². The number of unbranched alkanes of at least 4 members (excludes halogenated alkanes) is 1. The Hall–Kier alpha value is -0.180. The molecule has 2 nitrogen and oxygen atoms in total. The normalized spacial score (nSPS) is 18.3. The zero-order chi connectivity index (χ0) is 12.8. The predicted octanol–water partition coefficient (Wildman–Crippen LogP) is 3.41. The smallest absolute Gasteiger partial charge is 0.235 e. The van der Waals surface area contributed by atoms with Crippen LogP contribution < -0.4 is 0 Å². The molecule has 0 saturated carbocycles. The van der Waals surface area contributed by atoms with Crippen LogP contribution in [0.15, 0.2) is 0 Å². The van der Waals surface area contributed by atoms with Crippen LogP contribution in [0.3, 0.4) is 0 Å². The SMILES string of the molecule is CSC(CCCCC(C)C)C(=O)N1CC(C)C1. The van der Waals surface area contributed by atoms with Crippen molar-refractivity contribution < 1.29 is 4.79 Å². The minimum Gasteiger partial charge on any atom is -0.341 e. The first-order chi connectivity index (χ1) is 8.04. The van der Waals surface area contributed by atoms with Crippen molar-refractivity contribution in [1.29, 1.82) is 0 Å². The summed E-state index contributed by atoms with van der Waals surface area (Å²) in [6.45, 7) is 8.68. The first kappa shape index (κ1) is 14.9. The summed E-state index contributed by atoms with van der Waals surface area (Å²) in [5.41, 5.74) is 0. The van der Waals surface area contributed by atoms with Crippen molar-refractivity contribution in [3.8, 4) is 0 Å². The van der Waals surface area contributed by atoms with Crippen LogP contribution in [0, 0.1) is 11.8 Å². The predicted molar refractivity (Wildman–Crippen MR) is 76.4 cm³/mol. The first-order valence-corrected chi connectivity index (χ1v) is 8.15. The summed E-state index contributed by atoms with van der Waals surface area (Å²) in [6.07, 6.45) is 6.86. The zero-order valence-electron chi connectivity index (χ0n) is 11.7. The van der Waals surface area contributed by atoms with Crippen LogP contribution in [0.2, 0.25) is 0 Å². The Kier molecular flexibility index (Phi) is 6.39. The molecule has 1 rings (SSSR count). The molecule has 1 fully saturated rings. The third kappa shape index (κ3) is 4.90. The molecule has 0 aliphatic carbocycles. The molecule has 0 aromatic carbocycles. The van der Waals surface area contributed by atoms with E-state index in [0.717, 1.165) is 25.4 Å². The maximum absolute atomic E-state index is 12.1. The van der Waals surface area contributed by atoms with E-state index in [2.05, 4.69) is 27.0 Å². The molecular weight excluding hydrogens is 230 g/mol. The van der Waals surface area contributed by atoms with Crippen molar-refractivity contribution in [2.24, 2.45) is 11.8 Å². The van der Waals surface area contributed by atoms with Crippen LogP contribution in [0.4, 0.5) is 0 Å². The van der Waals surface area contributed by atoms with Gasteiger partial charge >= 0.3 is 0 Å². The molecule has 100 valence electrons. The number of carbonyl (C=O) groups is 1. The molecule has 0 bridgehead atoms. The molecule has 1 aliphatic heterocycles. The lowest BCUT2D eigenvalue weighted by atomic mass is 10.0. The van der Waals surface area contributed by atoms with Gasteiger partial charge < -0.3 is 4.90 Å². The molecule has 1 aliphatic rings. The van der Waals surface area contributed by atoms with Crippen LogP contribution in [0.5, 0.6) is 0 Å². The Morgan fingerprint density at radius 3 is 2.35 bits per heavy atom. The Bertz CT molecular complexity index is 236. The summed E-state index contributed by atoms with van der Waals surface area (Å²) < 4.78 is 0. The minimum absolute atomic E-state index is 0.203. The van der Waals surface area contributed by atoms with Gasteiger partial charge in [-0.15, -0.1) is 0 Å². The molecule has 0 aromatic rings. The third-order valence-corrected chi connectivity index (χ3v) is 4.44. The largest absolute Gasteiger partial charge is 0.341 e. The van der Waals surface area contributed by atoms with Gasteiger partial charge in [-0.3, -0.25) is 4.79 Å². The van der Waals surface area contributed by atoms with E-state index in [1.54, 1.807) is 11.8 Å². The molecule has 17 heavy (non-hydrogen) atoms. The van der Waals surface area contributed by atoms with Gasteiger partial charge in [0.05, 0.1) is 5.25 Å². The lowest BCUT2D eigenvalue weighted by Crippen LogP contribution is -2.51. The maximum atomic E-state index is 12.1. The molecule has 0 aromatic heterocycles. The standard InChI is InChI=1S/C14H27NOS/c1-11(2)7-5-6-8-13(17-4)14(16)15-9-12(3)10-15/h11-13H,5-10H2,1-4H3. The topological polar surface area (TPSA) is 20.3 Å². The lowest BCUT2D eigenvalue weighted by Gasteiger charge is -2.39. The van der Waals surface area contributed by atoms with E-state index in [9.17, 15) is 4.79 Å². The number of hydrogen-bond donors (Lipinski definition) is 0. The molecule has 0 N–H and O–H groups in total. The van der Waals surface area contributed by atoms with E-state index in [-0.39, 0.29) is 5.25 Å². The Morgan fingerprint density at radius 1 is 1.29 bits per heavy atom. The molecule has 1 saturated heterocycles. The summed E-state index contributed by atoms with van der Waals surface area (Å²) in [6, 6.07) is 0. The van der Waals surface area contributed by atoms with Crippen molar-refractivity contribution in [1.82, 2.24) is 4.90 Å². The zero-order valence-corrected chi connectivity index (χ0v) is 12.6. The number of likely N-dealkylation sites (tertiary alicyclic amines) is 1. The van der Waals surface area contributed by atoms with Gasteiger partial charge in [-0.25, -0.2) is 0 Å². The summed E-state index contributed by atoms with van der Waals surface area (Å²) in [5, 5.41) is 0.203. The fourth-order valence-electron chi connectivity index (χ4n) is 2.31. The molecule has 0 spiro atoms. The van der Waals surface area contributed by atoms with Gasteiger partial charge in [0.25, 0.3) is 0 Å². The van der Waals surface area contributed by atoms with Gasteiger partial charge in [0, 0.05) is 13.1 Å². The van der Waals surface area contributed by atoms with E-state index in [1.807, 2.05) is 4.90 Å². The van der Waals surface area contributed by atoms with Crippen molar-refractivity contribution in [2.45, 2.75) is 51.7 Å². The fourth-order valence-corrected chi connectivity index (χ4v) is 3.06. The van der Waals surface area contributed by atoms with Crippen LogP contribution in [0.1, 0.15) is 46.5 Å². The molecule has 1 heterocycles. The quantitative estimate of drug-likeness (QED) is 0.651. The molecule has 3 heteroatoms. The van der Waals surface area contributed by atoms with Crippen LogP contribution >= 0.6 is 11.8 Å². The second-order valence-corrected chi connectivity index (χ2v) is 6.79. The van der Waals surface area contributed by atoms with Crippen LogP contribution in [0.25, 0.3) is 0 Å². The fraction of sp³-hybridized carbons (Fsp3) is 0.929. The van der Waals surface area contributed by atoms with E-state index in [0.29, 0.717) is 11.8 Å². The Labute approximate surface area is 111 Å². The summed E-state index contributed by atoms with van der Waals surface area (Å²) >= 11 is 1.72. The van der Waals surface area contributed by atoms with Crippen LogP contribution in [-0.2, 0) is 4.79 Å². The number of amides is 1. The molecular formula is C14H27NOS. The average molecular weight is 257 g/mol. The monoisotopic (exact) mass is 257 g/mol. The highest BCUT2D eigenvalue weighted by molar-refractivity contribution is 7.99. The molecule has 0 radical (unpaired) electrons. The van der Waals surface area contributed by atoms with Crippen molar-refractivity contribution >= 4 is 17.7 Å². The van der Waals surface area contributed by atoms with Crippen molar-refractivity contribution in [3.63, 3.8) is 0 Å². The Morgan fingerprint density at radius 2 is 1.88 bits per heavy atom. The lowest BCUT2D eigenvalue weighted by molar-refractivity contribution is -0.136. The number of nitrogens with zero attached hydrogens (tertiary/aromatic N) is 1. The van der Waals surface area contributed by atoms with E-state index in [4.69, 9.17) is 0 Å². The van der Waals surface area contributed by atoms with Gasteiger partial charge in [-0.05, 0) is 24.5 Å². The molecule has 1 unspecified atom stereocenters. The minimum atomic E-state index is 0.203. The van der Waals surface area contributed by atoms with Gasteiger partial charge in [0.2, 0.25) is 5.91 Å². The van der Waals surface area contributed by atoms with Gasteiger partial charge in [0.1, 0.15) is 0 Å². The molecule has 1 amide bonds. The van der Waals surface area contributed by atoms with Crippen molar-refractivity contribution in [3.05, 3.63) is 0 Å². The second-order valence-electron chi connectivity index (χ2n) is 5.75. The summed E-state index contributed by atoms with van der Waals surface area (Å²) in [4.78, 5) is 14.2. The molecule has 1 atom stereocenters. The van der Waals surface area contributed by atoms with Crippen molar-refractivity contribution in [2.75, 3.05) is 19.3 Å². The van der Waals surface area contributed by atoms with E-state index >= 15 is 0 Å². The van der Waals surface area contributed by atoms with Crippen LogP contribution in [-0.4, -0.2) is 35.4 Å². The van der Waals surface area contributed by atoms with Gasteiger partial charge in [-0.2, -0.15) is 11.8 Å². The second kappa shape index (κ2) is 7.30. The van der Waals surface area contributed by atoms with E-state index in [1.165, 1.54) is 19.3 Å². The third-order valence-electron chi connectivity index (χ3n) is 3.43. The number of hydrogen-bond acceptors (Lipinski definition) is 2. The highest BCUT2D eigenvalue weighted by Crippen LogP contribution is 2.23. The summed E-state index contributed by atoms with van der Waals surface area (Å²) in [5.74, 6) is 1.87.